The van der Waals surface area contributed by atoms with Crippen LogP contribution in [0.5, 0.6) is 0 Å². The summed E-state index contributed by atoms with van der Waals surface area (Å²) in [7, 11) is 0. The number of aldehydes is 1. The zero-order valence-corrected chi connectivity index (χ0v) is 11.0. The maximum atomic E-state index is 10.8. The Balaban J connectivity index is 1.86. The Morgan fingerprint density at radius 2 is 2.00 bits per heavy atom. The molecule has 0 spiro atoms. The summed E-state index contributed by atoms with van der Waals surface area (Å²) in [5.41, 5.74) is 2.90. The first kappa shape index (κ1) is 12.0. The highest BCUT2D eigenvalue weighted by Crippen LogP contribution is 2.28. The molecule has 0 saturated carbocycles. The van der Waals surface area contributed by atoms with Gasteiger partial charge in [-0.15, -0.1) is 0 Å². The summed E-state index contributed by atoms with van der Waals surface area (Å²) in [5.74, 6) is 0.867. The third-order valence-electron chi connectivity index (χ3n) is 2.91. The fraction of sp³-hybridized carbons (Fsp3) is 0.0667. The van der Waals surface area contributed by atoms with Crippen molar-refractivity contribution in [1.29, 1.82) is 0 Å². The number of carbonyl (C=O) groups excluding carboxylic acids is 1. The molecule has 0 radical (unpaired) electrons. The molecule has 0 unspecified atom stereocenters. The van der Waals surface area contributed by atoms with Gasteiger partial charge in [-0.05, 0) is 23.8 Å². The predicted octanol–water partition coefficient (Wildman–Crippen LogP) is 3.67. The smallest absolute Gasteiger partial charge is 0.150 e. The molecule has 4 heteroatoms. The van der Waals surface area contributed by atoms with E-state index in [1.807, 2.05) is 30.3 Å². The molecule has 1 N–H and O–H groups in total. The number of hydrogen-bond donors (Lipinski definition) is 1. The van der Waals surface area contributed by atoms with Crippen molar-refractivity contribution in [3.05, 3.63) is 59.7 Å². The van der Waals surface area contributed by atoms with Crippen molar-refractivity contribution in [2.75, 3.05) is 0 Å². The van der Waals surface area contributed by atoms with Gasteiger partial charge in [0.2, 0.25) is 0 Å². The standard InChI is InChI=1S/C15H12N2OS/c18-9-12-6-7-14-13(8-12)15(17-16-14)19-10-11-4-2-1-3-5-11/h1-9H,10H2,(H,16,17). The second-order valence-electron chi connectivity index (χ2n) is 4.23. The number of hydrogen-bond acceptors (Lipinski definition) is 3. The molecule has 1 aromatic heterocycles. The van der Waals surface area contributed by atoms with Crippen molar-refractivity contribution in [2.24, 2.45) is 0 Å². The van der Waals surface area contributed by atoms with E-state index < -0.39 is 0 Å². The van der Waals surface area contributed by atoms with Gasteiger partial charge in [-0.3, -0.25) is 9.89 Å². The van der Waals surface area contributed by atoms with Gasteiger partial charge in [0.15, 0.2) is 0 Å². The fourth-order valence-corrected chi connectivity index (χ4v) is 2.85. The zero-order valence-electron chi connectivity index (χ0n) is 10.2. The van der Waals surface area contributed by atoms with Gasteiger partial charge in [0.25, 0.3) is 0 Å². The molecular weight excluding hydrogens is 256 g/mol. The van der Waals surface area contributed by atoms with Gasteiger partial charge in [0, 0.05) is 16.7 Å². The van der Waals surface area contributed by atoms with Crippen molar-refractivity contribution in [3.63, 3.8) is 0 Å². The molecule has 0 bridgehead atoms. The van der Waals surface area contributed by atoms with Gasteiger partial charge >= 0.3 is 0 Å². The number of nitrogens with one attached hydrogen (secondary N) is 1. The first-order chi connectivity index (χ1) is 9.36. The largest absolute Gasteiger partial charge is 0.298 e. The van der Waals surface area contributed by atoms with Crippen molar-refractivity contribution in [2.45, 2.75) is 10.8 Å². The van der Waals surface area contributed by atoms with E-state index in [0.717, 1.165) is 28.0 Å². The van der Waals surface area contributed by atoms with Crippen molar-refractivity contribution >= 4 is 29.0 Å². The highest BCUT2D eigenvalue weighted by atomic mass is 32.2. The molecule has 3 aromatic rings. The average Bonchev–Trinajstić information content (AvgIpc) is 2.88. The molecule has 94 valence electrons. The van der Waals surface area contributed by atoms with Crippen LogP contribution in [0, 0.1) is 0 Å². The lowest BCUT2D eigenvalue weighted by Crippen LogP contribution is -1.81. The van der Waals surface area contributed by atoms with Gasteiger partial charge in [-0.25, -0.2) is 0 Å². The van der Waals surface area contributed by atoms with Crippen LogP contribution in [-0.2, 0) is 5.75 Å². The minimum atomic E-state index is 0.676. The topological polar surface area (TPSA) is 45.8 Å². The number of thioether (sulfide) groups is 1. The summed E-state index contributed by atoms with van der Waals surface area (Å²) in [6.07, 6.45) is 0.859. The molecule has 1 heterocycles. The Morgan fingerprint density at radius 1 is 1.16 bits per heavy atom. The van der Waals surface area contributed by atoms with Crippen molar-refractivity contribution < 1.29 is 4.79 Å². The normalized spacial score (nSPS) is 10.7. The predicted molar refractivity (Wildman–Crippen MR) is 77.5 cm³/mol. The summed E-state index contributed by atoms with van der Waals surface area (Å²) in [4.78, 5) is 10.8. The molecule has 0 aliphatic rings. The molecular formula is C15H12N2OS. The van der Waals surface area contributed by atoms with Crippen LogP contribution < -0.4 is 0 Å². The van der Waals surface area contributed by atoms with E-state index in [1.54, 1.807) is 17.8 Å². The maximum Gasteiger partial charge on any atom is 0.150 e. The number of benzene rings is 2. The molecule has 3 rings (SSSR count). The molecule has 0 aliphatic heterocycles. The van der Waals surface area contributed by atoms with E-state index in [2.05, 4.69) is 22.3 Å². The highest BCUT2D eigenvalue weighted by Gasteiger charge is 2.07. The Morgan fingerprint density at radius 3 is 2.79 bits per heavy atom. The van der Waals surface area contributed by atoms with Crippen LogP contribution in [0.1, 0.15) is 15.9 Å². The van der Waals surface area contributed by atoms with Crippen LogP contribution in [0.2, 0.25) is 0 Å². The first-order valence-corrected chi connectivity index (χ1v) is 6.95. The first-order valence-electron chi connectivity index (χ1n) is 5.97. The van der Waals surface area contributed by atoms with Crippen molar-refractivity contribution in [3.8, 4) is 0 Å². The number of fused-ring (bicyclic) bond motifs is 1. The number of H-pyrrole nitrogens is 1. The fourth-order valence-electron chi connectivity index (χ4n) is 1.92. The molecule has 0 amide bonds. The average molecular weight is 268 g/mol. The molecule has 2 aromatic carbocycles. The molecule has 0 atom stereocenters. The van der Waals surface area contributed by atoms with Gasteiger partial charge in [-0.1, -0.05) is 42.1 Å². The van der Waals surface area contributed by atoms with Crippen LogP contribution in [0.15, 0.2) is 53.6 Å². The highest BCUT2D eigenvalue weighted by molar-refractivity contribution is 7.98. The number of rotatable bonds is 4. The number of aromatic amines is 1. The molecule has 0 saturated heterocycles. The Labute approximate surface area is 115 Å². The SMILES string of the molecule is O=Cc1ccc2[nH]nc(SCc3ccccc3)c2c1. The summed E-state index contributed by atoms with van der Waals surface area (Å²) in [6.45, 7) is 0. The third-order valence-corrected chi connectivity index (χ3v) is 3.97. The summed E-state index contributed by atoms with van der Waals surface area (Å²) in [6, 6.07) is 15.8. The van der Waals surface area contributed by atoms with Crippen LogP contribution >= 0.6 is 11.8 Å². The maximum absolute atomic E-state index is 10.8. The van der Waals surface area contributed by atoms with Crippen LogP contribution in [0.3, 0.4) is 0 Å². The quantitative estimate of drug-likeness (QED) is 0.580. The zero-order chi connectivity index (χ0) is 13.1. The molecule has 3 nitrogen and oxygen atoms in total. The lowest BCUT2D eigenvalue weighted by molar-refractivity contribution is 0.112. The number of carbonyl (C=O) groups is 1. The molecule has 0 aliphatic carbocycles. The second-order valence-corrected chi connectivity index (χ2v) is 5.19. The van der Waals surface area contributed by atoms with Crippen LogP contribution in [0.4, 0.5) is 0 Å². The van der Waals surface area contributed by atoms with E-state index in [-0.39, 0.29) is 0 Å². The van der Waals surface area contributed by atoms with E-state index in [1.165, 1.54) is 5.56 Å². The van der Waals surface area contributed by atoms with Gasteiger partial charge in [0.05, 0.1) is 5.52 Å². The monoisotopic (exact) mass is 268 g/mol. The van der Waals surface area contributed by atoms with Gasteiger partial charge < -0.3 is 0 Å². The van der Waals surface area contributed by atoms with E-state index in [0.29, 0.717) is 5.56 Å². The Kier molecular flexibility index (Phi) is 3.33. The minimum absolute atomic E-state index is 0.676. The number of nitrogens with zero attached hydrogens (tertiary/aromatic N) is 1. The summed E-state index contributed by atoms with van der Waals surface area (Å²) < 4.78 is 0. The van der Waals surface area contributed by atoms with E-state index in [4.69, 9.17) is 0 Å². The lowest BCUT2D eigenvalue weighted by Gasteiger charge is -1.99. The van der Waals surface area contributed by atoms with Gasteiger partial charge in [0.1, 0.15) is 11.3 Å². The van der Waals surface area contributed by atoms with E-state index >= 15 is 0 Å². The van der Waals surface area contributed by atoms with Crippen LogP contribution in [0.25, 0.3) is 10.9 Å². The van der Waals surface area contributed by atoms with Gasteiger partial charge in [-0.2, -0.15) is 5.10 Å². The Bertz CT molecular complexity index is 706. The van der Waals surface area contributed by atoms with Crippen LogP contribution in [-0.4, -0.2) is 16.5 Å². The minimum Gasteiger partial charge on any atom is -0.298 e. The second kappa shape index (κ2) is 5.28. The lowest BCUT2D eigenvalue weighted by atomic mass is 10.2. The van der Waals surface area contributed by atoms with Crippen molar-refractivity contribution in [1.82, 2.24) is 10.2 Å². The Hall–Kier alpha value is -2.07. The summed E-state index contributed by atoms with van der Waals surface area (Å²) >= 11 is 1.67. The van der Waals surface area contributed by atoms with E-state index in [9.17, 15) is 4.79 Å². The molecule has 0 fully saturated rings. The summed E-state index contributed by atoms with van der Waals surface area (Å²) in [5, 5.41) is 9.23. The molecule has 19 heavy (non-hydrogen) atoms. The third kappa shape index (κ3) is 2.53. The number of aromatic nitrogens is 2.